The fraction of sp³-hybridized carbons (Fsp3) is 0.273. The van der Waals surface area contributed by atoms with E-state index >= 15 is 0 Å². The van der Waals surface area contributed by atoms with Crippen LogP contribution < -0.4 is 10.8 Å². The van der Waals surface area contributed by atoms with Gasteiger partial charge in [-0.2, -0.15) is 0 Å². The molecule has 1 amide bonds. The molecule has 0 saturated heterocycles. The molecule has 0 saturated carbocycles. The smallest absolute Gasteiger partial charge is 0.249 e. The zero-order chi connectivity index (χ0) is 21.4. The first-order valence-electron chi connectivity index (χ1n) is 8.95. The number of benzene rings is 2. The summed E-state index contributed by atoms with van der Waals surface area (Å²) in [4.78, 5) is 13.8. The molecular weight excluding hydrogens is 372 g/mol. The summed E-state index contributed by atoms with van der Waals surface area (Å²) in [7, 11) is 0. The monoisotopic (exact) mass is 402 g/mol. The van der Waals surface area contributed by atoms with Crippen molar-refractivity contribution >= 4 is 23.2 Å². The second kappa shape index (κ2) is 15.5. The summed E-state index contributed by atoms with van der Waals surface area (Å²) >= 11 is 4.42. The molecule has 5 nitrogen and oxygen atoms in total. The van der Waals surface area contributed by atoms with Gasteiger partial charge in [-0.1, -0.05) is 94.9 Å². The predicted molar refractivity (Wildman–Crippen MR) is 119 cm³/mol. The van der Waals surface area contributed by atoms with E-state index in [2.05, 4.69) is 105 Å². The lowest BCUT2D eigenvalue weighted by molar-refractivity contribution is -0.273. The van der Waals surface area contributed by atoms with Crippen molar-refractivity contribution in [2.45, 2.75) is 39.5 Å². The molecule has 0 aliphatic heterocycles. The Kier molecular flexibility index (Phi) is 14.1. The van der Waals surface area contributed by atoms with Crippen molar-refractivity contribution < 1.29 is 15.0 Å². The number of nitrogens with one attached hydrogen (secondary N) is 2. The van der Waals surface area contributed by atoms with Crippen molar-refractivity contribution in [1.82, 2.24) is 10.8 Å². The Morgan fingerprint density at radius 1 is 0.964 bits per heavy atom. The van der Waals surface area contributed by atoms with Crippen molar-refractivity contribution in [3.8, 4) is 0 Å². The second-order valence-corrected chi connectivity index (χ2v) is 6.75. The first-order valence-corrected chi connectivity index (χ1v) is 9.36. The Morgan fingerprint density at radius 3 is 1.61 bits per heavy atom. The van der Waals surface area contributed by atoms with E-state index in [0.717, 1.165) is 6.08 Å². The number of hydrogen-bond acceptors (Lipinski definition) is 4. The molecule has 0 heterocycles. The maximum atomic E-state index is 10.4. The molecule has 0 aliphatic carbocycles. The molecule has 0 spiro atoms. The van der Waals surface area contributed by atoms with Gasteiger partial charge in [-0.15, -0.1) is 4.99 Å². The third kappa shape index (κ3) is 12.8. The van der Waals surface area contributed by atoms with Crippen LogP contribution in [0.3, 0.4) is 0 Å². The van der Waals surface area contributed by atoms with Crippen LogP contribution in [0.2, 0.25) is 0 Å². The fourth-order valence-electron chi connectivity index (χ4n) is 1.91. The molecule has 2 aromatic carbocycles. The zero-order valence-corrected chi connectivity index (χ0v) is 17.7. The minimum atomic E-state index is -0.477. The number of carbonyl (C=O) groups excluding carboxylic acids is 1. The molecule has 0 bridgehead atoms. The quantitative estimate of drug-likeness (QED) is 0.284. The zero-order valence-electron chi connectivity index (χ0n) is 16.9. The van der Waals surface area contributed by atoms with Crippen LogP contribution in [0, 0.1) is 0 Å². The number of amides is 1. The van der Waals surface area contributed by atoms with Crippen LogP contribution in [-0.2, 0) is 9.78 Å². The van der Waals surface area contributed by atoms with Gasteiger partial charge in [0.2, 0.25) is 5.91 Å². The summed E-state index contributed by atoms with van der Waals surface area (Å²) in [6.45, 7) is 12.0. The first-order chi connectivity index (χ1) is 13.3. The Balaban J connectivity index is 0.000000391. The lowest BCUT2D eigenvalue weighted by Crippen LogP contribution is -2.37. The van der Waals surface area contributed by atoms with E-state index in [9.17, 15) is 4.79 Å². The highest BCUT2D eigenvalue weighted by molar-refractivity contribution is 7.80. The number of rotatable bonds is 4. The van der Waals surface area contributed by atoms with Crippen LogP contribution in [0.5, 0.6) is 0 Å². The summed E-state index contributed by atoms with van der Waals surface area (Å²) in [5, 5.41) is 9.72. The van der Waals surface area contributed by atoms with E-state index in [-0.39, 0.29) is 5.11 Å². The van der Waals surface area contributed by atoms with Crippen LogP contribution in [0.25, 0.3) is 0 Å². The van der Waals surface area contributed by atoms with Gasteiger partial charge in [0, 0.05) is 0 Å². The second-order valence-electron chi connectivity index (χ2n) is 6.35. The molecule has 152 valence electrons. The van der Waals surface area contributed by atoms with Gasteiger partial charge in [-0.05, 0) is 41.3 Å². The summed E-state index contributed by atoms with van der Waals surface area (Å²) in [5.41, 5.74) is 4.65. The van der Waals surface area contributed by atoms with Crippen molar-refractivity contribution in [2.75, 3.05) is 0 Å². The van der Waals surface area contributed by atoms with Crippen LogP contribution in [0.15, 0.2) is 73.3 Å². The maximum absolute atomic E-state index is 10.4. The standard InChI is InChI=1S/2C9H12.C4H6N2O3S/c2*1-8(2)9-6-4-3-5-7-9;1-2-3(7)5-4(10)6-9-8/h2*3-8H,1-2H3;2,8H,1H2,(H2,5,6,7,10). The molecule has 2 rings (SSSR count). The van der Waals surface area contributed by atoms with E-state index in [4.69, 9.17) is 5.26 Å². The summed E-state index contributed by atoms with van der Waals surface area (Å²) in [6.07, 6.45) is 1.03. The normalized spacial score (nSPS) is 9.39. The van der Waals surface area contributed by atoms with E-state index < -0.39 is 5.91 Å². The van der Waals surface area contributed by atoms with Crippen LogP contribution >= 0.6 is 12.2 Å². The van der Waals surface area contributed by atoms with E-state index in [1.165, 1.54) is 11.1 Å². The Bertz CT molecular complexity index is 646. The van der Waals surface area contributed by atoms with E-state index in [0.29, 0.717) is 11.8 Å². The molecule has 3 N–H and O–H groups in total. The molecule has 0 unspecified atom stereocenters. The number of hydroxylamine groups is 1. The van der Waals surface area contributed by atoms with Gasteiger partial charge in [0.25, 0.3) is 0 Å². The minimum absolute atomic E-state index is 0.132. The lowest BCUT2D eigenvalue weighted by atomic mass is 10.0. The molecule has 0 aliphatic rings. The van der Waals surface area contributed by atoms with E-state index in [1.807, 2.05) is 17.6 Å². The van der Waals surface area contributed by atoms with Crippen molar-refractivity contribution in [2.24, 2.45) is 0 Å². The van der Waals surface area contributed by atoms with Gasteiger partial charge in [0.1, 0.15) is 0 Å². The summed E-state index contributed by atoms with van der Waals surface area (Å²) < 4.78 is 0. The molecule has 2 aromatic rings. The van der Waals surface area contributed by atoms with Crippen LogP contribution in [-0.4, -0.2) is 16.3 Å². The third-order valence-electron chi connectivity index (χ3n) is 3.49. The number of carbonyl (C=O) groups is 1. The average molecular weight is 403 g/mol. The number of hydrogen-bond donors (Lipinski definition) is 3. The third-order valence-corrected chi connectivity index (χ3v) is 3.68. The molecular formula is C22H30N2O3S. The predicted octanol–water partition coefficient (Wildman–Crippen LogP) is 5.19. The van der Waals surface area contributed by atoms with Gasteiger partial charge in [0.05, 0.1) is 0 Å². The Morgan fingerprint density at radius 2 is 1.36 bits per heavy atom. The Labute approximate surface area is 173 Å². The highest BCUT2D eigenvalue weighted by Crippen LogP contribution is 2.12. The SMILES string of the molecule is C=CC(=O)NC(=S)NOO.CC(C)c1ccccc1.CC(C)c1ccccc1. The highest BCUT2D eigenvalue weighted by Gasteiger charge is 1.97. The fourth-order valence-corrected chi connectivity index (χ4v) is 2.04. The van der Waals surface area contributed by atoms with E-state index in [1.54, 1.807) is 0 Å². The topological polar surface area (TPSA) is 70.6 Å². The Hall–Kier alpha value is -2.54. The van der Waals surface area contributed by atoms with Gasteiger partial charge >= 0.3 is 0 Å². The molecule has 0 atom stereocenters. The van der Waals surface area contributed by atoms with Crippen LogP contribution in [0.1, 0.15) is 50.7 Å². The molecule has 0 radical (unpaired) electrons. The molecule has 28 heavy (non-hydrogen) atoms. The highest BCUT2D eigenvalue weighted by atomic mass is 32.1. The van der Waals surface area contributed by atoms with Crippen LogP contribution in [0.4, 0.5) is 0 Å². The molecule has 0 fully saturated rings. The average Bonchev–Trinajstić information content (AvgIpc) is 2.70. The minimum Gasteiger partial charge on any atom is -0.298 e. The van der Waals surface area contributed by atoms with Crippen molar-refractivity contribution in [3.05, 3.63) is 84.4 Å². The van der Waals surface area contributed by atoms with Gasteiger partial charge in [-0.25, -0.2) is 10.7 Å². The van der Waals surface area contributed by atoms with Crippen molar-refractivity contribution in [1.29, 1.82) is 0 Å². The lowest BCUT2D eigenvalue weighted by Gasteiger charge is -2.01. The first kappa shape index (κ1) is 25.5. The van der Waals surface area contributed by atoms with Crippen molar-refractivity contribution in [3.63, 3.8) is 0 Å². The summed E-state index contributed by atoms with van der Waals surface area (Å²) in [5.74, 6) is 0.840. The maximum Gasteiger partial charge on any atom is 0.249 e. The largest absolute Gasteiger partial charge is 0.298 e. The van der Waals surface area contributed by atoms with Gasteiger partial charge < -0.3 is 0 Å². The molecule has 6 heteroatoms. The number of thiocarbonyl (C=S) groups is 1. The van der Waals surface area contributed by atoms with Gasteiger partial charge in [-0.3, -0.25) is 10.1 Å². The summed E-state index contributed by atoms with van der Waals surface area (Å²) in [6, 6.07) is 21.0. The van der Waals surface area contributed by atoms with Gasteiger partial charge in [0.15, 0.2) is 5.11 Å². The molecule has 0 aromatic heterocycles.